The van der Waals surface area contributed by atoms with Crippen LogP contribution in [0.5, 0.6) is 0 Å². The standard InChI is InChI=1S/C71H29F3N12/c72-71(73,74)59-22-48(38-83)21-57(23-59)58-28-69(85-65-24-49(53-13-40(30-75)9-41(14-53)31-76)1-5-60(65)61-6-2-50(25-66(61)85)54-15-42(32-77)10-43(16-54)33-78)64(39-84)70(29-58)86-67-26-51(55-17-44(34-79)11-45(18-55)35-80)3-7-62(67)63-8-4-52(27-68(63)86)56-19-46(36-81)12-47(20-56)37-82/h1-29H. The Balaban J connectivity index is 1.27. The molecule has 0 saturated carbocycles. The van der Waals surface area contributed by atoms with E-state index in [4.69, 9.17) is 0 Å². The Kier molecular flexibility index (Phi) is 12.9. The number of halogens is 3. The van der Waals surface area contributed by atoms with E-state index >= 15 is 13.2 Å². The first-order valence-corrected chi connectivity index (χ1v) is 25.9. The van der Waals surface area contributed by atoms with Gasteiger partial charge in [0.1, 0.15) is 11.6 Å². The van der Waals surface area contributed by atoms with E-state index in [-0.39, 0.29) is 78.1 Å². The molecule has 0 fully saturated rings. The van der Waals surface area contributed by atoms with Crippen LogP contribution in [0.15, 0.2) is 176 Å². The zero-order valence-corrected chi connectivity index (χ0v) is 44.2. The van der Waals surface area contributed by atoms with E-state index in [0.29, 0.717) is 88.1 Å². The molecule has 0 amide bonds. The van der Waals surface area contributed by atoms with Crippen molar-refractivity contribution in [3.63, 3.8) is 0 Å². The van der Waals surface area contributed by atoms with Crippen molar-refractivity contribution >= 4 is 43.6 Å². The molecule has 0 radical (unpaired) electrons. The van der Waals surface area contributed by atoms with Crippen LogP contribution >= 0.6 is 0 Å². The van der Waals surface area contributed by atoms with Crippen molar-refractivity contribution in [2.24, 2.45) is 0 Å². The highest BCUT2D eigenvalue weighted by Crippen LogP contribution is 2.45. The van der Waals surface area contributed by atoms with Gasteiger partial charge in [-0.25, -0.2) is 0 Å². The maximum atomic E-state index is 15.0. The van der Waals surface area contributed by atoms with E-state index in [0.717, 1.165) is 12.1 Å². The molecule has 10 aromatic carbocycles. The third-order valence-electron chi connectivity index (χ3n) is 15.0. The smallest absolute Gasteiger partial charge is 0.308 e. The summed E-state index contributed by atoms with van der Waals surface area (Å²) in [5.41, 5.74) is 6.68. The van der Waals surface area contributed by atoms with Crippen molar-refractivity contribution < 1.29 is 13.2 Å². The Morgan fingerprint density at radius 3 is 0.709 bits per heavy atom. The third-order valence-corrected chi connectivity index (χ3v) is 15.0. The first-order chi connectivity index (χ1) is 41.7. The van der Waals surface area contributed by atoms with Gasteiger partial charge in [0, 0.05) is 21.5 Å². The Labute approximate surface area is 487 Å². The van der Waals surface area contributed by atoms with Gasteiger partial charge >= 0.3 is 6.18 Å². The fourth-order valence-corrected chi connectivity index (χ4v) is 11.2. The van der Waals surface area contributed by atoms with Crippen LogP contribution in [0.2, 0.25) is 0 Å². The minimum absolute atomic E-state index is 0.0153. The van der Waals surface area contributed by atoms with Crippen LogP contribution in [-0.2, 0) is 6.18 Å². The van der Waals surface area contributed by atoms with E-state index < -0.39 is 11.7 Å². The van der Waals surface area contributed by atoms with Crippen molar-refractivity contribution in [1.82, 2.24) is 9.13 Å². The van der Waals surface area contributed by atoms with Gasteiger partial charge in [0.15, 0.2) is 0 Å². The molecular weight excluding hydrogens is 1080 g/mol. The van der Waals surface area contributed by atoms with Gasteiger partial charge in [-0.3, -0.25) is 0 Å². The highest BCUT2D eigenvalue weighted by molar-refractivity contribution is 6.13. The molecule has 394 valence electrons. The van der Waals surface area contributed by atoms with Crippen LogP contribution in [0.1, 0.15) is 61.2 Å². The number of benzene rings is 10. The minimum Gasteiger partial charge on any atom is -0.308 e. The van der Waals surface area contributed by atoms with Crippen molar-refractivity contribution in [3.05, 3.63) is 237 Å². The third kappa shape index (κ3) is 9.19. The maximum absolute atomic E-state index is 15.0. The first kappa shape index (κ1) is 53.1. The summed E-state index contributed by atoms with van der Waals surface area (Å²) in [6, 6.07) is 68.2. The molecular formula is C71H29F3N12. The second-order valence-corrected chi connectivity index (χ2v) is 20.1. The van der Waals surface area contributed by atoms with Crippen molar-refractivity contribution in [2.45, 2.75) is 6.18 Å². The molecule has 12 nitrogen and oxygen atoms in total. The summed E-state index contributed by atoms with van der Waals surface area (Å²) >= 11 is 0. The van der Waals surface area contributed by atoms with Gasteiger partial charge in [-0.1, -0.05) is 48.5 Å². The van der Waals surface area contributed by atoms with Crippen LogP contribution in [0, 0.1) is 113 Å². The molecule has 0 aliphatic carbocycles. The number of aromatic nitrogens is 2. The number of nitrogens with zero attached hydrogens (tertiary/aromatic N) is 12. The van der Waals surface area contributed by atoms with E-state index in [9.17, 15) is 52.6 Å². The molecule has 0 unspecified atom stereocenters. The zero-order chi connectivity index (χ0) is 60.1. The van der Waals surface area contributed by atoms with E-state index in [1.54, 1.807) is 69.8 Å². The Hall–Kier alpha value is -13.5. The number of nitriles is 10. The van der Waals surface area contributed by atoms with Crippen LogP contribution in [0.3, 0.4) is 0 Å². The normalized spacial score (nSPS) is 10.8. The van der Waals surface area contributed by atoms with Crippen LogP contribution < -0.4 is 0 Å². The summed E-state index contributed by atoms with van der Waals surface area (Å²) < 4.78 is 48.6. The number of hydrogen-bond acceptors (Lipinski definition) is 10. The molecule has 86 heavy (non-hydrogen) atoms. The minimum atomic E-state index is -4.91. The molecule has 12 rings (SSSR count). The quantitative estimate of drug-likeness (QED) is 0.146. The van der Waals surface area contributed by atoms with E-state index in [1.807, 2.05) is 78.9 Å². The SMILES string of the molecule is N#Cc1cc(C#N)cc(-c2ccc3c4ccc(-c5cc(C#N)cc(C#N)c5)cc4n(-c4cc(-c5cc(C#N)cc(C(F)(F)F)c5)cc(-n5c6cc(-c7cc(C#N)cc(C#N)c7)ccc6c6ccc(-c7cc(C#N)cc(C#N)c7)cc65)c4C#N)c3c2)c1. The van der Waals surface area contributed by atoms with Gasteiger partial charge in [-0.2, -0.15) is 65.8 Å². The van der Waals surface area contributed by atoms with Crippen molar-refractivity contribution in [2.75, 3.05) is 0 Å². The van der Waals surface area contributed by atoms with Crippen LogP contribution in [0.4, 0.5) is 13.2 Å². The molecule has 0 spiro atoms. The van der Waals surface area contributed by atoms with E-state index in [2.05, 4.69) is 54.6 Å². The second-order valence-electron chi connectivity index (χ2n) is 20.1. The summed E-state index contributed by atoms with van der Waals surface area (Å²) in [6.45, 7) is 0. The largest absolute Gasteiger partial charge is 0.416 e. The van der Waals surface area contributed by atoms with Gasteiger partial charge in [0.2, 0.25) is 0 Å². The van der Waals surface area contributed by atoms with Crippen LogP contribution in [0.25, 0.3) is 111 Å². The molecule has 0 N–H and O–H groups in total. The lowest BCUT2D eigenvalue weighted by Crippen LogP contribution is -2.07. The Morgan fingerprint density at radius 1 is 0.244 bits per heavy atom. The fraction of sp³-hybridized carbons (Fsp3) is 0.0141. The molecule has 2 heterocycles. The molecule has 0 saturated heterocycles. The lowest BCUT2D eigenvalue weighted by molar-refractivity contribution is -0.137. The van der Waals surface area contributed by atoms with Crippen molar-refractivity contribution in [1.29, 1.82) is 52.6 Å². The molecule has 2 aromatic heterocycles. The van der Waals surface area contributed by atoms with Gasteiger partial charge in [-0.15, -0.1) is 0 Å². The summed E-state index contributed by atoms with van der Waals surface area (Å²) in [5.74, 6) is 0. The number of fused-ring (bicyclic) bond motifs is 6. The second kappa shape index (κ2) is 20.9. The lowest BCUT2D eigenvalue weighted by Gasteiger charge is -2.20. The maximum Gasteiger partial charge on any atom is 0.416 e. The fourth-order valence-electron chi connectivity index (χ4n) is 11.2. The first-order valence-electron chi connectivity index (χ1n) is 25.9. The van der Waals surface area contributed by atoms with Crippen LogP contribution in [-0.4, -0.2) is 9.13 Å². The van der Waals surface area contributed by atoms with Crippen molar-refractivity contribution in [3.8, 4) is 128 Å². The monoisotopic (exact) mass is 1110 g/mol. The molecule has 0 bridgehead atoms. The number of rotatable bonds is 7. The summed E-state index contributed by atoms with van der Waals surface area (Å²) in [4.78, 5) is 0. The zero-order valence-electron chi connectivity index (χ0n) is 44.2. The van der Waals surface area contributed by atoms with Gasteiger partial charge in [0.25, 0.3) is 0 Å². The summed E-state index contributed by atoms with van der Waals surface area (Å²) in [5, 5.41) is 105. The number of alkyl halides is 3. The molecule has 15 heteroatoms. The molecule has 0 aliphatic heterocycles. The molecule has 12 aromatic rings. The predicted octanol–water partition coefficient (Wildman–Crippen LogP) is 16.0. The molecule has 0 atom stereocenters. The average molecular weight is 1110 g/mol. The summed E-state index contributed by atoms with van der Waals surface area (Å²) in [6.07, 6.45) is -4.91. The Bertz CT molecular complexity index is 4800. The van der Waals surface area contributed by atoms with E-state index in [1.165, 1.54) is 30.3 Å². The van der Waals surface area contributed by atoms with Gasteiger partial charge < -0.3 is 9.13 Å². The van der Waals surface area contributed by atoms with Gasteiger partial charge in [0.05, 0.1) is 144 Å². The highest BCUT2D eigenvalue weighted by atomic mass is 19.4. The summed E-state index contributed by atoms with van der Waals surface area (Å²) in [7, 11) is 0. The lowest BCUT2D eigenvalue weighted by atomic mass is 9.96. The predicted molar refractivity (Wildman–Crippen MR) is 314 cm³/mol. The molecule has 0 aliphatic rings. The van der Waals surface area contributed by atoms with Gasteiger partial charge in [-0.05, 0) is 183 Å². The topological polar surface area (TPSA) is 248 Å². The number of hydrogen-bond donors (Lipinski definition) is 0. The Morgan fingerprint density at radius 2 is 0.477 bits per heavy atom. The highest BCUT2D eigenvalue weighted by Gasteiger charge is 2.32. The average Bonchev–Trinajstić information content (AvgIpc) is 1.65.